The summed E-state index contributed by atoms with van der Waals surface area (Å²) in [4.78, 5) is 37.6. The monoisotopic (exact) mass is 626 g/mol. The van der Waals surface area contributed by atoms with Crippen molar-refractivity contribution in [3.63, 3.8) is 0 Å². The number of carbonyl (C=O) groups is 3. The molecule has 0 fully saturated rings. The Bertz CT molecular complexity index is 1220. The van der Waals surface area contributed by atoms with E-state index < -0.39 is 23.6 Å². The third-order valence-corrected chi connectivity index (χ3v) is 5.73. The van der Waals surface area contributed by atoms with Gasteiger partial charge in [-0.25, -0.2) is 4.79 Å². The fraction of sp³-hybridized carbons (Fsp3) is 0.429. The number of anilines is 3. The lowest BCUT2D eigenvalue weighted by Gasteiger charge is -2.23. The number of amides is 1. The van der Waals surface area contributed by atoms with E-state index in [1.807, 2.05) is 24.3 Å². The van der Waals surface area contributed by atoms with Crippen LogP contribution >= 0.6 is 35.4 Å². The second-order valence-electron chi connectivity index (χ2n) is 9.81. The maximum absolute atomic E-state index is 12.1. The summed E-state index contributed by atoms with van der Waals surface area (Å²) in [6.07, 6.45) is -0.259. The van der Waals surface area contributed by atoms with Crippen LogP contribution in [-0.4, -0.2) is 60.1 Å². The molecule has 1 amide bonds. The van der Waals surface area contributed by atoms with E-state index in [0.717, 1.165) is 11.4 Å². The van der Waals surface area contributed by atoms with Gasteiger partial charge in [0.1, 0.15) is 5.60 Å². The van der Waals surface area contributed by atoms with Crippen molar-refractivity contribution in [1.29, 1.82) is 0 Å². The number of hydrogen-bond acceptors (Lipinski definition) is 8. The summed E-state index contributed by atoms with van der Waals surface area (Å²) in [6.45, 7) is 9.32. The first-order chi connectivity index (χ1) is 19.3. The highest BCUT2D eigenvalue weighted by atomic mass is 35.5. The Balaban J connectivity index is 2.26. The minimum Gasteiger partial charge on any atom is -0.444 e. The number of nitrogens with zero attached hydrogens (tertiary/aromatic N) is 1. The number of carbonyl (C=O) groups excluding carboxylic acids is 3. The summed E-state index contributed by atoms with van der Waals surface area (Å²) < 4.78 is 15.8. The van der Waals surface area contributed by atoms with Gasteiger partial charge in [0, 0.05) is 68.4 Å². The second kappa shape index (κ2) is 16.2. The molecule has 0 aliphatic heterocycles. The number of alkyl carbamates (subject to hydrolysis) is 1. The van der Waals surface area contributed by atoms with Crippen molar-refractivity contribution < 1.29 is 28.6 Å². The summed E-state index contributed by atoms with van der Waals surface area (Å²) in [5.74, 6) is -0.142. The summed E-state index contributed by atoms with van der Waals surface area (Å²) in [5.41, 5.74) is 2.17. The van der Waals surface area contributed by atoms with Crippen molar-refractivity contribution in [3.8, 4) is 11.5 Å². The van der Waals surface area contributed by atoms with E-state index in [0.29, 0.717) is 42.5 Å². The molecule has 0 atom stereocenters. The Morgan fingerprint density at radius 2 is 1.46 bits per heavy atom. The molecule has 3 N–H and O–H groups in total. The Labute approximate surface area is 256 Å². The lowest BCUT2D eigenvalue weighted by molar-refractivity contribution is -0.134. The maximum atomic E-state index is 12.1. The number of thiocarbonyl (C=S) groups is 1. The number of hydrogen-bond donors (Lipinski definition) is 3. The van der Waals surface area contributed by atoms with Gasteiger partial charge in [-0.3, -0.25) is 9.59 Å². The van der Waals surface area contributed by atoms with E-state index in [1.165, 1.54) is 19.9 Å². The topological polar surface area (TPSA) is 118 Å². The molecule has 10 nitrogen and oxygen atoms in total. The van der Waals surface area contributed by atoms with Crippen molar-refractivity contribution in [2.24, 2.45) is 0 Å². The first kappa shape index (κ1) is 33.9. The lowest BCUT2D eigenvalue weighted by Crippen LogP contribution is -2.33. The molecule has 13 heteroatoms. The molecule has 0 aliphatic rings. The van der Waals surface area contributed by atoms with E-state index in [1.54, 1.807) is 26.8 Å². The predicted molar refractivity (Wildman–Crippen MR) is 167 cm³/mol. The summed E-state index contributed by atoms with van der Waals surface area (Å²) in [7, 11) is 0. The highest BCUT2D eigenvalue weighted by Crippen LogP contribution is 2.35. The van der Waals surface area contributed by atoms with Gasteiger partial charge < -0.3 is 35.1 Å². The molecule has 0 bridgehead atoms. The summed E-state index contributed by atoms with van der Waals surface area (Å²) >= 11 is 17.4. The van der Waals surface area contributed by atoms with Crippen molar-refractivity contribution in [2.75, 3.05) is 46.9 Å². The number of rotatable bonds is 12. The first-order valence-electron chi connectivity index (χ1n) is 12.9. The number of halogens is 2. The number of ether oxygens (including phenoxy) is 3. The molecule has 0 aliphatic carbocycles. The van der Waals surface area contributed by atoms with Gasteiger partial charge in [0.25, 0.3) is 0 Å². The van der Waals surface area contributed by atoms with Crippen molar-refractivity contribution >= 4 is 75.6 Å². The molecule has 0 saturated carbocycles. The number of alkyl halides is 2. The number of benzene rings is 2. The molecule has 0 spiro atoms. The molecule has 0 radical (unpaired) electrons. The Kier molecular flexibility index (Phi) is 13.4. The quantitative estimate of drug-likeness (QED) is 0.117. The molecular formula is C28H36Cl2N4O6S. The summed E-state index contributed by atoms with van der Waals surface area (Å²) in [6, 6.07) is 10.7. The standard InChI is InChI=1S/C28H36Cl2N4O6S/c1-18(35)38-24-16-20(10-13-31-27(37)40-28(3,4)5)23(17-25(24)39-19(2)36)33-26(41)32-21-6-8-22(9-7-21)34(14-11-29)15-12-30/h6-9,16-17H,10-15H2,1-5H3,(H,31,37)(H2,32,33,41). The Morgan fingerprint density at radius 3 is 1.98 bits per heavy atom. The maximum Gasteiger partial charge on any atom is 0.407 e. The molecule has 2 rings (SSSR count). The van der Waals surface area contributed by atoms with Crippen LogP contribution in [-0.2, 0) is 20.7 Å². The SMILES string of the molecule is CC(=O)Oc1cc(CCNC(=O)OC(C)(C)C)c(NC(=S)Nc2ccc(N(CCCl)CCCl)cc2)cc1OC(C)=O. The van der Waals surface area contributed by atoms with Gasteiger partial charge in [-0.05, 0) is 75.3 Å². The molecule has 0 aromatic heterocycles. The molecule has 0 saturated heterocycles. The van der Waals surface area contributed by atoms with Gasteiger partial charge in [0.2, 0.25) is 0 Å². The van der Waals surface area contributed by atoms with E-state index in [-0.39, 0.29) is 23.2 Å². The molecule has 0 unspecified atom stereocenters. The molecule has 0 heterocycles. The zero-order valence-corrected chi connectivity index (χ0v) is 26.1. The van der Waals surface area contributed by atoms with Crippen LogP contribution in [0.5, 0.6) is 11.5 Å². The van der Waals surface area contributed by atoms with Gasteiger partial charge in [0.15, 0.2) is 16.6 Å². The highest BCUT2D eigenvalue weighted by Gasteiger charge is 2.19. The minimum atomic E-state index is -0.645. The van der Waals surface area contributed by atoms with Crippen LogP contribution < -0.4 is 30.3 Å². The first-order valence-corrected chi connectivity index (χ1v) is 14.3. The van der Waals surface area contributed by atoms with Crippen LogP contribution in [0.3, 0.4) is 0 Å². The van der Waals surface area contributed by atoms with Crippen molar-refractivity contribution in [2.45, 2.75) is 46.6 Å². The Morgan fingerprint density at radius 1 is 0.902 bits per heavy atom. The van der Waals surface area contributed by atoms with E-state index in [4.69, 9.17) is 49.6 Å². The third kappa shape index (κ3) is 12.4. The van der Waals surface area contributed by atoms with E-state index >= 15 is 0 Å². The zero-order valence-electron chi connectivity index (χ0n) is 23.8. The van der Waals surface area contributed by atoms with Crippen molar-refractivity contribution in [1.82, 2.24) is 5.32 Å². The minimum absolute atomic E-state index is 0.0323. The largest absolute Gasteiger partial charge is 0.444 e. The predicted octanol–water partition coefficient (Wildman–Crippen LogP) is 5.70. The van der Waals surface area contributed by atoms with Crippen LogP contribution in [0.2, 0.25) is 0 Å². The molecule has 2 aromatic rings. The molecule has 224 valence electrons. The molecule has 41 heavy (non-hydrogen) atoms. The summed E-state index contributed by atoms with van der Waals surface area (Å²) in [5, 5.41) is 9.18. The van der Waals surface area contributed by atoms with Gasteiger partial charge in [-0.15, -0.1) is 23.2 Å². The number of nitrogens with one attached hydrogen (secondary N) is 3. The Hall–Kier alpha value is -3.28. The molecule has 2 aromatic carbocycles. The second-order valence-corrected chi connectivity index (χ2v) is 11.0. The highest BCUT2D eigenvalue weighted by molar-refractivity contribution is 7.80. The van der Waals surface area contributed by atoms with Crippen LogP contribution in [0.25, 0.3) is 0 Å². The van der Waals surface area contributed by atoms with Gasteiger partial charge in [0.05, 0.1) is 0 Å². The lowest BCUT2D eigenvalue weighted by atomic mass is 10.1. The van der Waals surface area contributed by atoms with Crippen LogP contribution in [0.15, 0.2) is 36.4 Å². The number of esters is 2. The fourth-order valence-corrected chi connectivity index (χ4v) is 4.26. The average Bonchev–Trinajstić information content (AvgIpc) is 2.85. The zero-order chi connectivity index (χ0) is 30.6. The van der Waals surface area contributed by atoms with E-state index in [9.17, 15) is 14.4 Å². The van der Waals surface area contributed by atoms with Gasteiger partial charge >= 0.3 is 18.0 Å². The van der Waals surface area contributed by atoms with E-state index in [2.05, 4.69) is 20.9 Å². The fourth-order valence-electron chi connectivity index (χ4n) is 3.62. The average molecular weight is 628 g/mol. The van der Waals surface area contributed by atoms with Gasteiger partial charge in [-0.1, -0.05) is 0 Å². The normalized spacial score (nSPS) is 10.8. The third-order valence-electron chi connectivity index (χ3n) is 5.19. The molecular weight excluding hydrogens is 591 g/mol. The van der Waals surface area contributed by atoms with Crippen LogP contribution in [0.1, 0.15) is 40.2 Å². The van der Waals surface area contributed by atoms with Crippen molar-refractivity contribution in [3.05, 3.63) is 42.0 Å². The van der Waals surface area contributed by atoms with Crippen LogP contribution in [0, 0.1) is 0 Å². The van der Waals surface area contributed by atoms with Gasteiger partial charge in [-0.2, -0.15) is 0 Å². The smallest absolute Gasteiger partial charge is 0.407 e. The van der Waals surface area contributed by atoms with Crippen LogP contribution in [0.4, 0.5) is 21.9 Å².